The molecule has 0 spiro atoms. The number of anilines is 1. The third kappa shape index (κ3) is 3.01. The lowest BCUT2D eigenvalue weighted by Crippen LogP contribution is -2.31. The maximum Gasteiger partial charge on any atom is 0.293 e. The van der Waals surface area contributed by atoms with Crippen molar-refractivity contribution in [2.75, 3.05) is 18.6 Å². The summed E-state index contributed by atoms with van der Waals surface area (Å²) in [4.78, 5) is 12.5. The first-order valence-corrected chi connectivity index (χ1v) is 6.24. The Bertz CT molecular complexity index is 466. The van der Waals surface area contributed by atoms with Crippen molar-refractivity contribution in [3.8, 4) is 0 Å². The van der Waals surface area contributed by atoms with Gasteiger partial charge in [-0.15, -0.1) is 0 Å². The van der Waals surface area contributed by atoms with E-state index in [1.54, 1.807) is 12.1 Å². The number of benzene rings is 1. The second-order valence-corrected chi connectivity index (χ2v) is 4.70. The third-order valence-corrected chi connectivity index (χ3v) is 3.51. The zero-order valence-electron chi connectivity index (χ0n) is 10.6. The maximum atomic E-state index is 10.8. The van der Waals surface area contributed by atoms with Gasteiger partial charge in [0.05, 0.1) is 11.5 Å². The van der Waals surface area contributed by atoms with Crippen LogP contribution in [0.2, 0.25) is 0 Å². The van der Waals surface area contributed by atoms with Crippen molar-refractivity contribution in [3.63, 3.8) is 0 Å². The lowest BCUT2D eigenvalue weighted by Gasteiger charge is -2.22. The van der Waals surface area contributed by atoms with E-state index in [0.717, 1.165) is 24.9 Å². The van der Waals surface area contributed by atoms with Gasteiger partial charge in [-0.2, -0.15) is 0 Å². The average Bonchev–Trinajstić information content (AvgIpc) is 2.85. The van der Waals surface area contributed by atoms with Crippen molar-refractivity contribution in [1.82, 2.24) is 4.90 Å². The number of hydrazine groups is 1. The Kier molecular flexibility index (Phi) is 4.31. The van der Waals surface area contributed by atoms with Crippen molar-refractivity contribution in [2.45, 2.75) is 25.4 Å². The molecule has 0 aromatic heterocycles. The molecule has 7 heteroatoms. The fourth-order valence-corrected chi connectivity index (χ4v) is 2.50. The van der Waals surface area contributed by atoms with Gasteiger partial charge in [-0.3, -0.25) is 20.9 Å². The minimum atomic E-state index is -0.467. The molecule has 1 saturated heterocycles. The molecule has 1 aromatic carbocycles. The standard InChI is InChI=1S/C12H18N4O3/c13-14-11-6-9(3-4-12(11)16(18)19)7-15-5-1-2-10(15)8-17/h3-4,6,10,14,17H,1-2,5,7-8,13H2. The second kappa shape index (κ2) is 5.96. The lowest BCUT2D eigenvalue weighted by atomic mass is 10.1. The zero-order valence-corrected chi connectivity index (χ0v) is 10.6. The van der Waals surface area contributed by atoms with Crippen LogP contribution in [0.5, 0.6) is 0 Å². The van der Waals surface area contributed by atoms with Crippen molar-refractivity contribution >= 4 is 11.4 Å². The molecule has 1 atom stereocenters. The van der Waals surface area contributed by atoms with Crippen molar-refractivity contribution in [2.24, 2.45) is 5.84 Å². The second-order valence-electron chi connectivity index (χ2n) is 4.70. The number of nitro groups is 1. The number of likely N-dealkylation sites (tertiary alicyclic amines) is 1. The number of rotatable bonds is 5. The molecule has 104 valence electrons. The molecule has 1 aromatic rings. The van der Waals surface area contributed by atoms with Crippen LogP contribution in [-0.4, -0.2) is 34.1 Å². The highest BCUT2D eigenvalue weighted by Gasteiger charge is 2.24. The molecule has 1 aliphatic rings. The predicted octanol–water partition coefficient (Wildman–Crippen LogP) is 0.837. The fraction of sp³-hybridized carbons (Fsp3) is 0.500. The zero-order chi connectivity index (χ0) is 13.8. The number of nitrogen functional groups attached to an aromatic ring is 1. The molecule has 0 saturated carbocycles. The maximum absolute atomic E-state index is 10.8. The van der Waals surface area contributed by atoms with E-state index < -0.39 is 4.92 Å². The summed E-state index contributed by atoms with van der Waals surface area (Å²) in [6, 6.07) is 5.05. The Hall–Kier alpha value is -1.70. The topological polar surface area (TPSA) is 105 Å². The van der Waals surface area contributed by atoms with Gasteiger partial charge in [0, 0.05) is 18.7 Å². The van der Waals surface area contributed by atoms with Gasteiger partial charge in [0.1, 0.15) is 5.69 Å². The van der Waals surface area contributed by atoms with E-state index in [1.165, 1.54) is 6.07 Å². The SMILES string of the molecule is NNc1cc(CN2CCCC2CO)ccc1[N+](=O)[O-]. The highest BCUT2D eigenvalue weighted by Crippen LogP contribution is 2.26. The monoisotopic (exact) mass is 266 g/mol. The van der Waals surface area contributed by atoms with Gasteiger partial charge in [-0.25, -0.2) is 0 Å². The normalized spacial score (nSPS) is 19.6. The van der Waals surface area contributed by atoms with E-state index in [0.29, 0.717) is 12.2 Å². The molecule has 2 rings (SSSR count). The summed E-state index contributed by atoms with van der Waals surface area (Å²) < 4.78 is 0. The van der Waals surface area contributed by atoms with Crippen LogP contribution in [-0.2, 0) is 6.54 Å². The molecule has 1 unspecified atom stereocenters. The van der Waals surface area contributed by atoms with E-state index in [9.17, 15) is 15.2 Å². The number of aliphatic hydroxyl groups is 1. The van der Waals surface area contributed by atoms with Crippen LogP contribution in [0, 0.1) is 10.1 Å². The number of nitrogens with two attached hydrogens (primary N) is 1. The van der Waals surface area contributed by atoms with E-state index in [2.05, 4.69) is 10.3 Å². The number of hydrogen-bond donors (Lipinski definition) is 3. The van der Waals surface area contributed by atoms with E-state index in [4.69, 9.17) is 5.84 Å². The van der Waals surface area contributed by atoms with Crippen LogP contribution in [0.25, 0.3) is 0 Å². The van der Waals surface area contributed by atoms with E-state index in [-0.39, 0.29) is 18.3 Å². The van der Waals surface area contributed by atoms with Crippen molar-refractivity contribution in [1.29, 1.82) is 0 Å². The quantitative estimate of drug-likeness (QED) is 0.414. The van der Waals surface area contributed by atoms with Crippen molar-refractivity contribution < 1.29 is 10.0 Å². The molecule has 7 nitrogen and oxygen atoms in total. The number of nitrogens with zero attached hydrogens (tertiary/aromatic N) is 2. The van der Waals surface area contributed by atoms with E-state index >= 15 is 0 Å². The smallest absolute Gasteiger partial charge is 0.293 e. The number of nitrogens with one attached hydrogen (secondary N) is 1. The molecule has 0 aliphatic carbocycles. The highest BCUT2D eigenvalue weighted by atomic mass is 16.6. The summed E-state index contributed by atoms with van der Waals surface area (Å²) in [6.07, 6.45) is 2.06. The molecule has 0 bridgehead atoms. The predicted molar refractivity (Wildman–Crippen MR) is 71.4 cm³/mol. The summed E-state index contributed by atoms with van der Waals surface area (Å²) in [7, 11) is 0. The Labute approximate surface area is 111 Å². The summed E-state index contributed by atoms with van der Waals surface area (Å²) >= 11 is 0. The lowest BCUT2D eigenvalue weighted by molar-refractivity contribution is -0.384. The van der Waals surface area contributed by atoms with Crippen molar-refractivity contribution in [3.05, 3.63) is 33.9 Å². The highest BCUT2D eigenvalue weighted by molar-refractivity contribution is 5.62. The summed E-state index contributed by atoms with van der Waals surface area (Å²) in [5.74, 6) is 5.31. The van der Waals surface area contributed by atoms with Gasteiger partial charge >= 0.3 is 0 Å². The summed E-state index contributed by atoms with van der Waals surface area (Å²) in [5.41, 5.74) is 3.57. The molecule has 1 heterocycles. The number of hydrogen-bond acceptors (Lipinski definition) is 6. The number of nitro benzene ring substituents is 1. The Morgan fingerprint density at radius 3 is 3.00 bits per heavy atom. The summed E-state index contributed by atoms with van der Waals surface area (Å²) in [5, 5.41) is 20.1. The van der Waals surface area contributed by atoms with Crippen LogP contribution in [0.3, 0.4) is 0 Å². The van der Waals surface area contributed by atoms with Gasteiger partial charge < -0.3 is 10.5 Å². The number of aliphatic hydroxyl groups excluding tert-OH is 1. The van der Waals surface area contributed by atoms with Gasteiger partial charge in [0.15, 0.2) is 0 Å². The largest absolute Gasteiger partial charge is 0.395 e. The molecular weight excluding hydrogens is 248 g/mol. The molecule has 4 N–H and O–H groups in total. The van der Waals surface area contributed by atoms with Crippen LogP contribution in [0.4, 0.5) is 11.4 Å². The first kappa shape index (κ1) is 13.7. The third-order valence-electron chi connectivity index (χ3n) is 3.51. The summed E-state index contributed by atoms with van der Waals surface area (Å²) in [6.45, 7) is 1.75. The minimum Gasteiger partial charge on any atom is -0.395 e. The Balaban J connectivity index is 2.15. The van der Waals surface area contributed by atoms with Gasteiger partial charge in [-0.05, 0) is 31.0 Å². The first-order valence-electron chi connectivity index (χ1n) is 6.24. The molecular formula is C12H18N4O3. The van der Waals surface area contributed by atoms with Crippen LogP contribution < -0.4 is 11.3 Å². The first-order chi connectivity index (χ1) is 9.15. The Morgan fingerprint density at radius 1 is 1.58 bits per heavy atom. The van der Waals surface area contributed by atoms with E-state index in [1.807, 2.05) is 0 Å². The minimum absolute atomic E-state index is 0.0358. The average molecular weight is 266 g/mol. The molecule has 19 heavy (non-hydrogen) atoms. The molecule has 0 amide bonds. The Morgan fingerprint density at radius 2 is 2.37 bits per heavy atom. The van der Waals surface area contributed by atoms with Gasteiger partial charge in [0.25, 0.3) is 5.69 Å². The van der Waals surface area contributed by atoms with Gasteiger partial charge in [-0.1, -0.05) is 6.07 Å². The van der Waals surface area contributed by atoms with Crippen LogP contribution >= 0.6 is 0 Å². The van der Waals surface area contributed by atoms with Crippen LogP contribution in [0.15, 0.2) is 18.2 Å². The fourth-order valence-electron chi connectivity index (χ4n) is 2.50. The van der Waals surface area contributed by atoms with Crippen LogP contribution in [0.1, 0.15) is 18.4 Å². The molecule has 0 radical (unpaired) electrons. The molecule has 1 fully saturated rings. The van der Waals surface area contributed by atoms with Gasteiger partial charge in [0.2, 0.25) is 0 Å². The molecule has 1 aliphatic heterocycles.